The monoisotopic (exact) mass is 437 g/mol. The Hall–Kier alpha value is -2.87. The molecule has 13 nitrogen and oxygen atoms in total. The van der Waals surface area contributed by atoms with Crippen LogP contribution in [0.4, 0.5) is 0 Å². The first kappa shape index (κ1) is 26.1. The predicted octanol–water partition coefficient (Wildman–Crippen LogP) is -2.23. The molecule has 14 heteroatoms. The van der Waals surface area contributed by atoms with Gasteiger partial charge in [0, 0.05) is 17.9 Å². The molecule has 0 radical (unpaired) electrons. The largest absolute Gasteiger partial charge is 0.481 e. The summed E-state index contributed by atoms with van der Waals surface area (Å²) in [6.07, 6.45) is -1.13. The number of rotatable bonds is 15. The highest BCUT2D eigenvalue weighted by Crippen LogP contribution is 2.14. The zero-order chi connectivity index (χ0) is 22.6. The highest BCUT2D eigenvalue weighted by atomic mass is 32.2. The number of carboxylic acids is 4. The van der Waals surface area contributed by atoms with Crippen molar-refractivity contribution in [3.05, 3.63) is 0 Å². The Labute approximate surface area is 169 Å². The minimum absolute atomic E-state index is 0.161. The first-order chi connectivity index (χ1) is 13.4. The van der Waals surface area contributed by atoms with E-state index in [0.29, 0.717) is 0 Å². The standard InChI is InChI=1S/C15H23N3O10S/c16-8(15(27)28)1-2-10(19)18-9(13(24)17-4-12(22)23)6-29-5-7(14(25)26)3-11(20)21/h7-9H,1-6,16H2,(H,17,24)(H,18,19)(H,20,21)(H,22,23)(H,25,26)(H,27,28). The number of amides is 2. The fourth-order valence-electron chi connectivity index (χ4n) is 1.90. The number of carbonyl (C=O) groups excluding carboxylic acids is 2. The molecule has 0 aromatic rings. The Morgan fingerprint density at radius 3 is 2.00 bits per heavy atom. The molecule has 0 saturated carbocycles. The zero-order valence-corrected chi connectivity index (χ0v) is 16.0. The highest BCUT2D eigenvalue weighted by molar-refractivity contribution is 7.99. The van der Waals surface area contributed by atoms with Gasteiger partial charge in [-0.1, -0.05) is 0 Å². The lowest BCUT2D eigenvalue weighted by Crippen LogP contribution is -2.49. The summed E-state index contributed by atoms with van der Waals surface area (Å²) in [5.41, 5.74) is 5.29. The minimum atomic E-state index is -1.33. The van der Waals surface area contributed by atoms with Crippen LogP contribution >= 0.6 is 11.8 Å². The Morgan fingerprint density at radius 1 is 0.897 bits per heavy atom. The van der Waals surface area contributed by atoms with Gasteiger partial charge in [0.1, 0.15) is 18.6 Å². The molecule has 0 aliphatic carbocycles. The number of nitrogens with one attached hydrogen (secondary N) is 2. The quantitative estimate of drug-likeness (QED) is 0.144. The number of hydrogen-bond acceptors (Lipinski definition) is 8. The van der Waals surface area contributed by atoms with E-state index in [-0.39, 0.29) is 24.3 Å². The van der Waals surface area contributed by atoms with Crippen molar-refractivity contribution in [3.63, 3.8) is 0 Å². The van der Waals surface area contributed by atoms with Crippen molar-refractivity contribution in [2.24, 2.45) is 11.7 Å². The Kier molecular flexibility index (Phi) is 12.0. The van der Waals surface area contributed by atoms with Crippen molar-refractivity contribution >= 4 is 47.5 Å². The molecule has 0 aliphatic rings. The van der Waals surface area contributed by atoms with Gasteiger partial charge >= 0.3 is 23.9 Å². The minimum Gasteiger partial charge on any atom is -0.481 e. The first-order valence-corrected chi connectivity index (χ1v) is 9.39. The maximum atomic E-state index is 12.1. The summed E-state index contributed by atoms with van der Waals surface area (Å²) in [6, 6.07) is -2.52. The van der Waals surface area contributed by atoms with Crippen LogP contribution in [0.5, 0.6) is 0 Å². The van der Waals surface area contributed by atoms with E-state index >= 15 is 0 Å². The number of hydrogen-bond donors (Lipinski definition) is 7. The lowest BCUT2D eigenvalue weighted by molar-refractivity contribution is -0.147. The molecular formula is C15H23N3O10S. The van der Waals surface area contributed by atoms with Gasteiger partial charge < -0.3 is 36.8 Å². The number of nitrogens with two attached hydrogens (primary N) is 1. The summed E-state index contributed by atoms with van der Waals surface area (Å²) in [4.78, 5) is 67.0. The van der Waals surface area contributed by atoms with E-state index < -0.39 is 66.7 Å². The lowest BCUT2D eigenvalue weighted by Gasteiger charge is -2.19. The van der Waals surface area contributed by atoms with E-state index in [9.17, 15) is 28.8 Å². The molecule has 0 heterocycles. The summed E-state index contributed by atoms with van der Waals surface area (Å²) < 4.78 is 0. The van der Waals surface area contributed by atoms with Crippen LogP contribution in [0.15, 0.2) is 0 Å². The average molecular weight is 437 g/mol. The van der Waals surface area contributed by atoms with E-state index in [1.54, 1.807) is 0 Å². The Bertz CT molecular complexity index is 642. The molecule has 29 heavy (non-hydrogen) atoms. The normalized spacial score (nSPS) is 13.6. The van der Waals surface area contributed by atoms with Crippen LogP contribution in [0.3, 0.4) is 0 Å². The molecular weight excluding hydrogens is 414 g/mol. The summed E-state index contributed by atoms with van der Waals surface area (Å²) >= 11 is 0.888. The van der Waals surface area contributed by atoms with Crippen LogP contribution in [0.2, 0.25) is 0 Å². The van der Waals surface area contributed by atoms with Crippen molar-refractivity contribution in [1.82, 2.24) is 10.6 Å². The number of aliphatic carboxylic acids is 4. The second-order valence-electron chi connectivity index (χ2n) is 5.89. The van der Waals surface area contributed by atoms with Crippen LogP contribution in [0.1, 0.15) is 19.3 Å². The van der Waals surface area contributed by atoms with Gasteiger partial charge in [-0.25, -0.2) is 0 Å². The van der Waals surface area contributed by atoms with Crippen molar-refractivity contribution in [1.29, 1.82) is 0 Å². The van der Waals surface area contributed by atoms with Crippen LogP contribution < -0.4 is 16.4 Å². The molecule has 2 amide bonds. The first-order valence-electron chi connectivity index (χ1n) is 8.23. The van der Waals surface area contributed by atoms with Crippen LogP contribution in [-0.2, 0) is 28.8 Å². The van der Waals surface area contributed by atoms with Gasteiger partial charge in [-0.15, -0.1) is 0 Å². The summed E-state index contributed by atoms with van der Waals surface area (Å²) in [6.45, 7) is -0.712. The van der Waals surface area contributed by atoms with Gasteiger partial charge in [0.25, 0.3) is 0 Å². The van der Waals surface area contributed by atoms with E-state index in [1.165, 1.54) is 0 Å². The van der Waals surface area contributed by atoms with E-state index in [2.05, 4.69) is 10.6 Å². The molecule has 0 aromatic heterocycles. The van der Waals surface area contributed by atoms with Gasteiger partial charge in [0.05, 0.1) is 12.3 Å². The topological polar surface area (TPSA) is 233 Å². The second kappa shape index (κ2) is 13.3. The maximum Gasteiger partial charge on any atom is 0.322 e. The zero-order valence-electron chi connectivity index (χ0n) is 15.2. The maximum absolute atomic E-state index is 12.1. The molecule has 0 saturated heterocycles. The van der Waals surface area contributed by atoms with Gasteiger partial charge in [0.2, 0.25) is 11.8 Å². The van der Waals surface area contributed by atoms with Crippen molar-refractivity contribution < 1.29 is 49.2 Å². The average Bonchev–Trinajstić information content (AvgIpc) is 2.61. The smallest absolute Gasteiger partial charge is 0.322 e. The van der Waals surface area contributed by atoms with Crippen molar-refractivity contribution in [2.75, 3.05) is 18.1 Å². The second-order valence-corrected chi connectivity index (χ2v) is 6.96. The lowest BCUT2D eigenvalue weighted by atomic mass is 10.1. The number of carboxylic acid groups (broad SMARTS) is 4. The molecule has 0 aromatic carbocycles. The molecule has 164 valence electrons. The number of thioether (sulfide) groups is 1. The molecule has 0 bridgehead atoms. The molecule has 3 atom stereocenters. The Balaban J connectivity index is 4.87. The molecule has 8 N–H and O–H groups in total. The highest BCUT2D eigenvalue weighted by Gasteiger charge is 2.25. The fraction of sp³-hybridized carbons (Fsp3) is 0.600. The van der Waals surface area contributed by atoms with Gasteiger partial charge in [-0.05, 0) is 6.42 Å². The van der Waals surface area contributed by atoms with Crippen molar-refractivity contribution in [3.8, 4) is 0 Å². The molecule has 0 fully saturated rings. The van der Waals surface area contributed by atoms with Crippen molar-refractivity contribution in [2.45, 2.75) is 31.3 Å². The van der Waals surface area contributed by atoms with Crippen LogP contribution in [0, 0.1) is 5.92 Å². The Morgan fingerprint density at radius 2 is 1.52 bits per heavy atom. The molecule has 0 spiro atoms. The van der Waals surface area contributed by atoms with E-state index in [4.69, 9.17) is 26.2 Å². The summed E-state index contributed by atoms with van der Waals surface area (Å²) in [5.74, 6) is -8.37. The van der Waals surface area contributed by atoms with Gasteiger partial charge in [-0.3, -0.25) is 28.8 Å². The number of carbonyl (C=O) groups is 6. The molecule has 3 unspecified atom stereocenters. The fourth-order valence-corrected chi connectivity index (χ4v) is 3.05. The molecule has 0 aliphatic heterocycles. The van der Waals surface area contributed by atoms with Crippen LogP contribution in [0.25, 0.3) is 0 Å². The third-order valence-electron chi connectivity index (χ3n) is 3.44. The predicted molar refractivity (Wildman–Crippen MR) is 98.1 cm³/mol. The van der Waals surface area contributed by atoms with E-state index in [0.717, 1.165) is 11.8 Å². The summed E-state index contributed by atoms with van der Waals surface area (Å²) in [7, 11) is 0. The van der Waals surface area contributed by atoms with E-state index in [1.807, 2.05) is 0 Å². The molecule has 0 rings (SSSR count). The third-order valence-corrected chi connectivity index (χ3v) is 4.65. The third kappa shape index (κ3) is 12.2. The van der Waals surface area contributed by atoms with Gasteiger partial charge in [0.15, 0.2) is 0 Å². The van der Waals surface area contributed by atoms with Crippen LogP contribution in [-0.4, -0.2) is 86.3 Å². The van der Waals surface area contributed by atoms with Gasteiger partial charge in [-0.2, -0.15) is 11.8 Å². The summed E-state index contributed by atoms with van der Waals surface area (Å²) in [5, 5.41) is 39.4. The SMILES string of the molecule is NC(CCC(=O)NC(CSCC(CC(=O)O)C(=O)O)C(=O)NCC(=O)O)C(=O)O.